The van der Waals surface area contributed by atoms with Crippen LogP contribution in [0, 0.1) is 13.8 Å². The number of aromatic nitrogens is 3. The Hall–Kier alpha value is -2.46. The first-order valence-electron chi connectivity index (χ1n) is 9.73. The molecule has 4 rings (SSSR count). The molecule has 1 saturated heterocycles. The number of piperazine rings is 1. The van der Waals surface area contributed by atoms with Gasteiger partial charge in [0.25, 0.3) is 0 Å². The molecule has 30 heavy (non-hydrogen) atoms. The van der Waals surface area contributed by atoms with Gasteiger partial charge < -0.3 is 26.0 Å². The number of aliphatic hydroxyl groups is 1. The number of halogens is 1. The van der Waals surface area contributed by atoms with E-state index >= 15 is 0 Å². The Kier molecular flexibility index (Phi) is 6.33. The number of aliphatic hydroxyl groups excluding tert-OH is 1. The third-order valence-corrected chi connectivity index (χ3v) is 6.08. The average Bonchev–Trinajstić information content (AvgIpc) is 3.19. The zero-order valence-corrected chi connectivity index (χ0v) is 18.4. The Morgan fingerprint density at radius 1 is 1.23 bits per heavy atom. The Balaban J connectivity index is 1.47. The topological polar surface area (TPSA) is 98.2 Å². The number of thiazole rings is 1. The fourth-order valence-corrected chi connectivity index (χ4v) is 4.31. The highest BCUT2D eigenvalue weighted by molar-refractivity contribution is 7.15. The summed E-state index contributed by atoms with van der Waals surface area (Å²) in [6.45, 7) is 7.53. The molecule has 0 aliphatic carbocycles. The number of aryl methyl sites for hydroxylation is 2. The highest BCUT2D eigenvalue weighted by atomic mass is 35.5. The van der Waals surface area contributed by atoms with Gasteiger partial charge in [-0.3, -0.25) is 0 Å². The highest BCUT2D eigenvalue weighted by Crippen LogP contribution is 2.32. The fourth-order valence-electron chi connectivity index (χ4n) is 3.27. The molecule has 8 nitrogen and oxygen atoms in total. The number of anilines is 4. The molecule has 2 aromatic heterocycles. The van der Waals surface area contributed by atoms with Gasteiger partial charge in [-0.15, -0.1) is 0 Å². The van der Waals surface area contributed by atoms with Crippen molar-refractivity contribution in [1.29, 1.82) is 0 Å². The minimum atomic E-state index is -0.916. The molecule has 0 saturated carbocycles. The zero-order chi connectivity index (χ0) is 21.1. The zero-order valence-electron chi connectivity index (χ0n) is 16.8. The van der Waals surface area contributed by atoms with Crippen molar-refractivity contribution in [3.05, 3.63) is 51.7 Å². The van der Waals surface area contributed by atoms with E-state index in [2.05, 4.69) is 35.8 Å². The van der Waals surface area contributed by atoms with Gasteiger partial charge in [0.05, 0.1) is 15.6 Å². The molecule has 158 valence electrons. The molecule has 10 heteroatoms. The minimum absolute atomic E-state index is 0.564. The maximum Gasteiger partial charge on any atom is 0.188 e. The lowest BCUT2D eigenvalue weighted by atomic mass is 10.2. The molecule has 3 heterocycles. The van der Waals surface area contributed by atoms with E-state index in [9.17, 15) is 5.11 Å². The molecular formula is C20H24ClN7OS. The number of rotatable bonds is 6. The van der Waals surface area contributed by atoms with E-state index in [0.29, 0.717) is 32.4 Å². The van der Waals surface area contributed by atoms with E-state index in [-0.39, 0.29) is 0 Å². The van der Waals surface area contributed by atoms with Crippen LogP contribution in [0.5, 0.6) is 0 Å². The maximum atomic E-state index is 10.6. The summed E-state index contributed by atoms with van der Waals surface area (Å²) >= 11 is 7.60. The van der Waals surface area contributed by atoms with Crippen molar-refractivity contribution in [1.82, 2.24) is 20.3 Å². The maximum absolute atomic E-state index is 10.6. The number of hydrogen-bond acceptors (Lipinski definition) is 9. The van der Waals surface area contributed by atoms with E-state index in [1.165, 1.54) is 11.3 Å². The van der Waals surface area contributed by atoms with Crippen molar-refractivity contribution >= 4 is 45.4 Å². The van der Waals surface area contributed by atoms with E-state index in [4.69, 9.17) is 11.6 Å². The molecule has 0 radical (unpaired) electrons. The second-order valence-corrected chi connectivity index (χ2v) is 8.54. The third kappa shape index (κ3) is 4.81. The van der Waals surface area contributed by atoms with Crippen LogP contribution >= 0.6 is 22.9 Å². The van der Waals surface area contributed by atoms with Crippen LogP contribution in [0.2, 0.25) is 5.02 Å². The van der Waals surface area contributed by atoms with E-state index < -0.39 is 6.23 Å². The summed E-state index contributed by atoms with van der Waals surface area (Å²) in [5.41, 5.74) is 1.67. The van der Waals surface area contributed by atoms with Crippen molar-refractivity contribution < 1.29 is 5.11 Å². The smallest absolute Gasteiger partial charge is 0.188 e. The van der Waals surface area contributed by atoms with Gasteiger partial charge in [-0.2, -0.15) is 0 Å². The minimum Gasteiger partial charge on any atom is -0.369 e. The molecule has 0 bridgehead atoms. The van der Waals surface area contributed by atoms with Gasteiger partial charge in [0.15, 0.2) is 11.4 Å². The van der Waals surface area contributed by atoms with Crippen LogP contribution in [0.3, 0.4) is 0 Å². The Bertz CT molecular complexity index is 1000. The summed E-state index contributed by atoms with van der Waals surface area (Å²) in [5.74, 6) is 2.28. The van der Waals surface area contributed by atoms with Crippen molar-refractivity contribution in [3.8, 4) is 0 Å². The summed E-state index contributed by atoms with van der Waals surface area (Å²) < 4.78 is 0. The molecule has 3 aromatic rings. The van der Waals surface area contributed by atoms with Gasteiger partial charge in [0, 0.05) is 38.4 Å². The SMILES string of the molecule is Cc1nc(Nc2ncc(C(O)Nc3c(C)cccc3Cl)s2)cc(N2CCNCC2)n1. The van der Waals surface area contributed by atoms with Crippen molar-refractivity contribution in [2.24, 2.45) is 0 Å². The normalized spacial score (nSPS) is 15.1. The molecule has 1 aliphatic heterocycles. The van der Waals surface area contributed by atoms with Crippen LogP contribution < -0.4 is 20.9 Å². The van der Waals surface area contributed by atoms with Crippen molar-refractivity contribution in [2.45, 2.75) is 20.1 Å². The molecule has 4 N–H and O–H groups in total. The molecular weight excluding hydrogens is 422 g/mol. The average molecular weight is 446 g/mol. The number of nitrogens with one attached hydrogen (secondary N) is 3. The molecule has 1 unspecified atom stereocenters. The molecule has 1 fully saturated rings. The number of para-hydroxylation sites is 1. The van der Waals surface area contributed by atoms with Gasteiger partial charge in [-0.25, -0.2) is 15.0 Å². The first kappa shape index (κ1) is 20.8. The summed E-state index contributed by atoms with van der Waals surface area (Å²) in [7, 11) is 0. The van der Waals surface area contributed by atoms with Crippen LogP contribution in [-0.4, -0.2) is 46.2 Å². The number of benzene rings is 1. The van der Waals surface area contributed by atoms with Crippen molar-refractivity contribution in [3.63, 3.8) is 0 Å². The summed E-state index contributed by atoms with van der Waals surface area (Å²) in [5, 5.41) is 21.4. The quantitative estimate of drug-likeness (QED) is 0.428. The lowest BCUT2D eigenvalue weighted by Gasteiger charge is -2.28. The molecule has 1 aliphatic rings. The Morgan fingerprint density at radius 2 is 2.03 bits per heavy atom. The highest BCUT2D eigenvalue weighted by Gasteiger charge is 2.16. The largest absolute Gasteiger partial charge is 0.369 e. The predicted octanol–water partition coefficient (Wildman–Crippen LogP) is 3.46. The van der Waals surface area contributed by atoms with E-state index in [1.807, 2.05) is 32.0 Å². The Morgan fingerprint density at radius 3 is 2.80 bits per heavy atom. The standard InChI is InChI=1S/C20H24ClN7OS/c1-12-4-3-5-14(21)18(12)27-19(29)15-11-23-20(30-15)26-16-10-17(25-13(2)24-16)28-8-6-22-7-9-28/h3-5,10-11,19,22,27,29H,6-9H2,1-2H3,(H,23,24,25,26). The first-order chi connectivity index (χ1) is 14.5. The van der Waals surface area contributed by atoms with Crippen molar-refractivity contribution in [2.75, 3.05) is 41.7 Å². The van der Waals surface area contributed by atoms with Gasteiger partial charge in [0.1, 0.15) is 17.5 Å². The van der Waals surface area contributed by atoms with Gasteiger partial charge in [-0.05, 0) is 25.5 Å². The van der Waals surface area contributed by atoms with Gasteiger partial charge in [0.2, 0.25) is 0 Å². The number of hydrogen-bond donors (Lipinski definition) is 4. The molecule has 0 amide bonds. The fraction of sp³-hybridized carbons (Fsp3) is 0.350. The summed E-state index contributed by atoms with van der Waals surface area (Å²) in [4.78, 5) is 16.3. The van der Waals surface area contributed by atoms with Crippen LogP contribution in [-0.2, 0) is 0 Å². The summed E-state index contributed by atoms with van der Waals surface area (Å²) in [6.07, 6.45) is 0.724. The summed E-state index contributed by atoms with van der Waals surface area (Å²) in [6, 6.07) is 7.54. The molecule has 0 spiro atoms. The van der Waals surface area contributed by atoms with Crippen LogP contribution in [0.1, 0.15) is 22.5 Å². The predicted molar refractivity (Wildman–Crippen MR) is 122 cm³/mol. The van der Waals surface area contributed by atoms with Gasteiger partial charge in [-0.1, -0.05) is 35.1 Å². The van der Waals surface area contributed by atoms with Crippen LogP contribution in [0.25, 0.3) is 0 Å². The molecule has 1 aromatic carbocycles. The first-order valence-corrected chi connectivity index (χ1v) is 10.9. The lowest BCUT2D eigenvalue weighted by Crippen LogP contribution is -2.44. The molecule has 1 atom stereocenters. The lowest BCUT2D eigenvalue weighted by molar-refractivity contribution is 0.212. The number of nitrogens with zero attached hydrogens (tertiary/aromatic N) is 4. The second-order valence-electron chi connectivity index (χ2n) is 7.07. The van der Waals surface area contributed by atoms with Crippen LogP contribution in [0.4, 0.5) is 22.5 Å². The second kappa shape index (κ2) is 9.13. The van der Waals surface area contributed by atoms with Crippen LogP contribution in [0.15, 0.2) is 30.5 Å². The third-order valence-electron chi connectivity index (χ3n) is 4.80. The van der Waals surface area contributed by atoms with E-state index in [0.717, 1.165) is 37.6 Å². The van der Waals surface area contributed by atoms with Gasteiger partial charge >= 0.3 is 0 Å². The van der Waals surface area contributed by atoms with E-state index in [1.54, 1.807) is 12.3 Å². The Labute approximate surface area is 184 Å². The monoisotopic (exact) mass is 445 g/mol.